The summed E-state index contributed by atoms with van der Waals surface area (Å²) in [5.41, 5.74) is 8.46. The van der Waals surface area contributed by atoms with Crippen LogP contribution in [0.3, 0.4) is 0 Å². The SMILES string of the molecule is CSc1cc(C)ccc1CN=C(N)NCCCN1CCOCC1. The number of ether oxygens (including phenoxy) is 1. The van der Waals surface area contributed by atoms with Crippen LogP contribution in [0.4, 0.5) is 0 Å². The number of aryl methyl sites for hydroxylation is 1. The minimum Gasteiger partial charge on any atom is -0.379 e. The zero-order valence-electron chi connectivity index (χ0n) is 14.2. The van der Waals surface area contributed by atoms with Gasteiger partial charge in [0.1, 0.15) is 0 Å². The molecule has 0 amide bonds. The van der Waals surface area contributed by atoms with E-state index in [1.807, 2.05) is 0 Å². The van der Waals surface area contributed by atoms with Gasteiger partial charge in [0.05, 0.1) is 19.8 Å². The van der Waals surface area contributed by atoms with E-state index in [9.17, 15) is 0 Å². The lowest BCUT2D eigenvalue weighted by molar-refractivity contribution is 0.0376. The maximum Gasteiger partial charge on any atom is 0.188 e. The molecule has 0 aromatic heterocycles. The highest BCUT2D eigenvalue weighted by atomic mass is 32.2. The molecular formula is C17H28N4OS. The molecule has 0 bridgehead atoms. The fraction of sp³-hybridized carbons (Fsp3) is 0.588. The molecule has 0 unspecified atom stereocenters. The van der Waals surface area contributed by atoms with Crippen LogP contribution in [-0.4, -0.2) is 56.5 Å². The highest BCUT2D eigenvalue weighted by Crippen LogP contribution is 2.22. The van der Waals surface area contributed by atoms with E-state index in [0.29, 0.717) is 12.5 Å². The maximum absolute atomic E-state index is 5.96. The molecule has 3 N–H and O–H groups in total. The van der Waals surface area contributed by atoms with Crippen LogP contribution in [0, 0.1) is 6.92 Å². The Bertz CT molecular complexity index is 515. The van der Waals surface area contributed by atoms with Crippen LogP contribution in [0.1, 0.15) is 17.5 Å². The van der Waals surface area contributed by atoms with E-state index in [4.69, 9.17) is 10.5 Å². The Balaban J connectivity index is 1.70. The molecule has 0 spiro atoms. The average Bonchev–Trinajstić information content (AvgIpc) is 2.58. The van der Waals surface area contributed by atoms with E-state index < -0.39 is 0 Å². The van der Waals surface area contributed by atoms with E-state index in [1.165, 1.54) is 16.0 Å². The van der Waals surface area contributed by atoms with E-state index >= 15 is 0 Å². The fourth-order valence-electron chi connectivity index (χ4n) is 2.55. The van der Waals surface area contributed by atoms with Gasteiger partial charge in [0.15, 0.2) is 5.96 Å². The Hall–Kier alpha value is -1.24. The molecule has 0 radical (unpaired) electrons. The molecule has 1 aliphatic rings. The lowest BCUT2D eigenvalue weighted by Crippen LogP contribution is -2.39. The number of benzene rings is 1. The van der Waals surface area contributed by atoms with Crippen LogP contribution >= 0.6 is 11.8 Å². The Labute approximate surface area is 143 Å². The van der Waals surface area contributed by atoms with Crippen LogP contribution in [-0.2, 0) is 11.3 Å². The third-order valence-electron chi connectivity index (χ3n) is 3.92. The van der Waals surface area contributed by atoms with Crippen molar-refractivity contribution in [3.63, 3.8) is 0 Å². The van der Waals surface area contributed by atoms with Gasteiger partial charge in [0.25, 0.3) is 0 Å². The third kappa shape index (κ3) is 6.41. The molecule has 1 saturated heterocycles. The van der Waals surface area contributed by atoms with Gasteiger partial charge in [0.2, 0.25) is 0 Å². The van der Waals surface area contributed by atoms with Gasteiger partial charge >= 0.3 is 0 Å². The first-order valence-electron chi connectivity index (χ1n) is 8.16. The van der Waals surface area contributed by atoms with E-state index in [2.05, 4.69) is 46.6 Å². The second-order valence-corrected chi connectivity index (χ2v) is 6.60. The minimum atomic E-state index is 0.527. The smallest absolute Gasteiger partial charge is 0.188 e. The van der Waals surface area contributed by atoms with Crippen molar-refractivity contribution < 1.29 is 4.74 Å². The summed E-state index contributed by atoms with van der Waals surface area (Å²) in [5, 5.41) is 3.20. The monoisotopic (exact) mass is 336 g/mol. The van der Waals surface area contributed by atoms with Crippen molar-refractivity contribution in [3.8, 4) is 0 Å². The molecule has 0 aliphatic carbocycles. The third-order valence-corrected chi connectivity index (χ3v) is 4.74. The fourth-order valence-corrected chi connectivity index (χ4v) is 3.25. The number of nitrogens with zero attached hydrogens (tertiary/aromatic N) is 2. The molecule has 23 heavy (non-hydrogen) atoms. The van der Waals surface area contributed by atoms with Crippen molar-refractivity contribution in [3.05, 3.63) is 29.3 Å². The number of thioether (sulfide) groups is 1. The maximum atomic E-state index is 5.96. The Morgan fingerprint density at radius 3 is 2.91 bits per heavy atom. The van der Waals surface area contributed by atoms with Crippen molar-refractivity contribution in [2.24, 2.45) is 10.7 Å². The van der Waals surface area contributed by atoms with E-state index in [0.717, 1.165) is 45.8 Å². The number of guanidine groups is 1. The second-order valence-electron chi connectivity index (χ2n) is 5.75. The summed E-state index contributed by atoms with van der Waals surface area (Å²) in [6.45, 7) is 8.45. The summed E-state index contributed by atoms with van der Waals surface area (Å²) >= 11 is 1.75. The summed E-state index contributed by atoms with van der Waals surface area (Å²) in [5.74, 6) is 0.527. The van der Waals surface area contributed by atoms with Gasteiger partial charge in [-0.25, -0.2) is 4.99 Å². The number of nitrogens with one attached hydrogen (secondary N) is 1. The predicted molar refractivity (Wildman–Crippen MR) is 98.2 cm³/mol. The number of rotatable bonds is 7. The van der Waals surface area contributed by atoms with Crippen molar-refractivity contribution in [2.45, 2.75) is 24.8 Å². The topological polar surface area (TPSA) is 62.9 Å². The zero-order valence-corrected chi connectivity index (χ0v) is 15.0. The van der Waals surface area contributed by atoms with Gasteiger partial charge in [-0.1, -0.05) is 12.1 Å². The number of hydrogen-bond donors (Lipinski definition) is 2. The Kier molecular flexibility index (Phi) is 7.71. The van der Waals surface area contributed by atoms with Crippen LogP contribution < -0.4 is 11.1 Å². The first-order chi connectivity index (χ1) is 11.2. The lowest BCUT2D eigenvalue weighted by Gasteiger charge is -2.26. The van der Waals surface area contributed by atoms with Crippen LogP contribution in [0.2, 0.25) is 0 Å². The summed E-state index contributed by atoms with van der Waals surface area (Å²) in [4.78, 5) is 8.15. The van der Waals surface area contributed by atoms with Crippen molar-refractivity contribution in [2.75, 3.05) is 45.6 Å². The van der Waals surface area contributed by atoms with Gasteiger partial charge in [-0.15, -0.1) is 11.8 Å². The summed E-state index contributed by atoms with van der Waals surface area (Å²) in [7, 11) is 0. The van der Waals surface area contributed by atoms with Gasteiger partial charge in [-0.2, -0.15) is 0 Å². The summed E-state index contributed by atoms with van der Waals surface area (Å²) < 4.78 is 5.35. The first kappa shape index (κ1) is 18.1. The number of hydrogen-bond acceptors (Lipinski definition) is 4. The van der Waals surface area contributed by atoms with Crippen molar-refractivity contribution in [1.29, 1.82) is 0 Å². The molecular weight excluding hydrogens is 308 g/mol. The summed E-state index contributed by atoms with van der Waals surface area (Å²) in [6, 6.07) is 6.45. The first-order valence-corrected chi connectivity index (χ1v) is 9.39. The highest BCUT2D eigenvalue weighted by Gasteiger charge is 2.09. The number of nitrogens with two attached hydrogens (primary N) is 1. The van der Waals surface area contributed by atoms with Crippen LogP contribution in [0.5, 0.6) is 0 Å². The predicted octanol–water partition coefficient (Wildman–Crippen LogP) is 1.84. The van der Waals surface area contributed by atoms with Gasteiger partial charge in [-0.05, 0) is 43.3 Å². The Morgan fingerprint density at radius 1 is 1.39 bits per heavy atom. The average molecular weight is 337 g/mol. The van der Waals surface area contributed by atoms with E-state index in [-0.39, 0.29) is 0 Å². The molecule has 1 aromatic rings. The van der Waals surface area contributed by atoms with Gasteiger partial charge in [0, 0.05) is 24.5 Å². The normalized spacial score (nSPS) is 16.5. The largest absolute Gasteiger partial charge is 0.379 e. The molecule has 0 atom stereocenters. The summed E-state index contributed by atoms with van der Waals surface area (Å²) in [6.07, 6.45) is 3.16. The Morgan fingerprint density at radius 2 is 2.17 bits per heavy atom. The number of morpholine rings is 1. The molecule has 128 valence electrons. The number of aliphatic imine (C=N–C) groups is 1. The molecule has 2 rings (SSSR count). The molecule has 1 aromatic carbocycles. The zero-order chi connectivity index (χ0) is 16.5. The lowest BCUT2D eigenvalue weighted by atomic mass is 10.1. The van der Waals surface area contributed by atoms with Crippen LogP contribution in [0.25, 0.3) is 0 Å². The molecule has 1 fully saturated rings. The molecule has 1 aliphatic heterocycles. The molecule has 0 saturated carbocycles. The molecule has 6 heteroatoms. The van der Waals surface area contributed by atoms with Crippen molar-refractivity contribution >= 4 is 17.7 Å². The van der Waals surface area contributed by atoms with Crippen molar-refractivity contribution in [1.82, 2.24) is 10.2 Å². The van der Waals surface area contributed by atoms with E-state index in [1.54, 1.807) is 11.8 Å². The quantitative estimate of drug-likeness (QED) is 0.344. The van der Waals surface area contributed by atoms with Crippen LogP contribution in [0.15, 0.2) is 28.1 Å². The van der Waals surface area contributed by atoms with Gasteiger partial charge < -0.3 is 15.8 Å². The standard InChI is InChI=1S/C17H28N4OS/c1-14-4-5-15(16(12-14)23-2)13-20-17(18)19-6-3-7-21-8-10-22-11-9-21/h4-5,12H,3,6-11,13H2,1-2H3,(H3,18,19,20). The molecule has 1 heterocycles. The second kappa shape index (κ2) is 9.80. The minimum absolute atomic E-state index is 0.527. The van der Waals surface area contributed by atoms with Gasteiger partial charge in [-0.3, -0.25) is 4.90 Å². The molecule has 5 nitrogen and oxygen atoms in total. The highest BCUT2D eigenvalue weighted by molar-refractivity contribution is 7.98.